The van der Waals surface area contributed by atoms with Crippen molar-refractivity contribution in [3.05, 3.63) is 53.6 Å². The Balaban J connectivity index is 1.40. The fourth-order valence-electron chi connectivity index (χ4n) is 4.41. The monoisotopic (exact) mass is 394 g/mol. The predicted octanol–water partition coefficient (Wildman–Crippen LogP) is 2.75. The molecule has 2 aromatic rings. The summed E-state index contributed by atoms with van der Waals surface area (Å²) in [7, 11) is 0. The summed E-state index contributed by atoms with van der Waals surface area (Å²) in [5, 5.41) is 3.08. The molecule has 7 heteroatoms. The van der Waals surface area contributed by atoms with Crippen molar-refractivity contribution in [2.45, 2.75) is 57.7 Å². The molecule has 1 aromatic heterocycles. The molecule has 4 rings (SSSR count). The second-order valence-corrected chi connectivity index (χ2v) is 7.74. The Morgan fingerprint density at radius 2 is 1.79 bits per heavy atom. The number of amides is 2. The van der Waals surface area contributed by atoms with Crippen LogP contribution in [0.1, 0.15) is 59.1 Å². The Kier molecular flexibility index (Phi) is 5.47. The predicted molar refractivity (Wildman–Crippen MR) is 108 cm³/mol. The van der Waals surface area contributed by atoms with E-state index < -0.39 is 0 Å². The van der Waals surface area contributed by atoms with Crippen molar-refractivity contribution in [3.63, 3.8) is 0 Å². The molecule has 29 heavy (non-hydrogen) atoms. The zero-order valence-electron chi connectivity index (χ0n) is 16.8. The lowest BCUT2D eigenvalue weighted by Crippen LogP contribution is -2.52. The van der Waals surface area contributed by atoms with E-state index in [9.17, 15) is 9.59 Å². The highest BCUT2D eigenvalue weighted by Gasteiger charge is 2.43. The first-order chi connectivity index (χ1) is 14.0. The number of carbonyl (C=O) groups excluding carboxylic acids is 2. The van der Waals surface area contributed by atoms with Crippen molar-refractivity contribution in [2.24, 2.45) is 0 Å². The smallest absolute Gasteiger partial charge is 0.271 e. The fraction of sp³-hybridized carbons (Fsp3) is 0.455. The lowest BCUT2D eigenvalue weighted by atomic mass is 9.96. The Bertz CT molecular complexity index is 868. The number of piperidine rings is 1. The second kappa shape index (κ2) is 8.19. The van der Waals surface area contributed by atoms with Crippen LogP contribution in [0, 0.1) is 6.92 Å². The standard InChI is InChI=1S/C22H26N4O3/c1-3-29-19-8-4-15(5-9-19)22(28)26-17-6-7-18(26)11-16(10-17)25-21(27)20-13-23-14(2)12-24-20/h4-5,8-9,12-13,16-18H,3,6-7,10-11H2,1-2H3,(H,25,27)/t16?,17-,18+. The molecule has 1 unspecified atom stereocenters. The Morgan fingerprint density at radius 3 is 2.38 bits per heavy atom. The van der Waals surface area contributed by atoms with Crippen LogP contribution in [0.15, 0.2) is 36.7 Å². The summed E-state index contributed by atoms with van der Waals surface area (Å²) in [6.45, 7) is 4.37. The number of nitrogens with one attached hydrogen (secondary N) is 1. The lowest BCUT2D eigenvalue weighted by molar-refractivity contribution is 0.0549. The van der Waals surface area contributed by atoms with Gasteiger partial charge in [-0.25, -0.2) is 4.98 Å². The van der Waals surface area contributed by atoms with Crippen molar-refractivity contribution in [3.8, 4) is 5.75 Å². The average Bonchev–Trinajstić information content (AvgIpc) is 2.99. The molecule has 1 N–H and O–H groups in total. The minimum absolute atomic E-state index is 0.0486. The van der Waals surface area contributed by atoms with Crippen molar-refractivity contribution < 1.29 is 14.3 Å². The number of carbonyl (C=O) groups is 2. The van der Waals surface area contributed by atoms with Gasteiger partial charge in [-0.1, -0.05) is 0 Å². The number of aromatic nitrogens is 2. The SMILES string of the molecule is CCOc1ccc(C(=O)N2[C@@H]3CC[C@H]2CC(NC(=O)c2cnc(C)cn2)C3)cc1. The third-order valence-electron chi connectivity index (χ3n) is 5.73. The highest BCUT2D eigenvalue weighted by Crippen LogP contribution is 2.37. The topological polar surface area (TPSA) is 84.4 Å². The normalized spacial score (nSPS) is 23.0. The largest absolute Gasteiger partial charge is 0.494 e. The highest BCUT2D eigenvalue weighted by atomic mass is 16.5. The van der Waals surface area contributed by atoms with Crippen LogP contribution in [0.4, 0.5) is 0 Å². The van der Waals surface area contributed by atoms with Gasteiger partial charge in [-0.05, 0) is 63.8 Å². The molecule has 3 atom stereocenters. The minimum atomic E-state index is -0.201. The van der Waals surface area contributed by atoms with Crippen LogP contribution in [-0.4, -0.2) is 51.4 Å². The van der Waals surface area contributed by atoms with E-state index in [4.69, 9.17) is 4.74 Å². The van der Waals surface area contributed by atoms with E-state index in [1.165, 1.54) is 6.20 Å². The lowest BCUT2D eigenvalue weighted by Gasteiger charge is -2.39. The van der Waals surface area contributed by atoms with Gasteiger partial charge in [0.2, 0.25) is 0 Å². The number of fused-ring (bicyclic) bond motifs is 2. The number of rotatable bonds is 5. The van der Waals surface area contributed by atoms with Crippen LogP contribution in [-0.2, 0) is 0 Å². The molecule has 2 bridgehead atoms. The van der Waals surface area contributed by atoms with E-state index in [0.717, 1.165) is 37.1 Å². The maximum absolute atomic E-state index is 13.1. The first kappa shape index (κ1) is 19.4. The summed E-state index contributed by atoms with van der Waals surface area (Å²) in [5.41, 5.74) is 1.79. The molecule has 0 radical (unpaired) electrons. The third-order valence-corrected chi connectivity index (χ3v) is 5.73. The molecular weight excluding hydrogens is 368 g/mol. The summed E-state index contributed by atoms with van der Waals surface area (Å²) in [6.07, 6.45) is 6.59. The van der Waals surface area contributed by atoms with Crippen molar-refractivity contribution >= 4 is 11.8 Å². The number of nitrogens with zero attached hydrogens (tertiary/aromatic N) is 3. The molecule has 2 amide bonds. The number of benzene rings is 1. The van der Waals surface area contributed by atoms with E-state index in [1.54, 1.807) is 6.20 Å². The molecule has 2 fully saturated rings. The first-order valence-corrected chi connectivity index (χ1v) is 10.2. The van der Waals surface area contributed by atoms with Gasteiger partial charge in [0.25, 0.3) is 11.8 Å². The molecule has 0 saturated carbocycles. The molecular formula is C22H26N4O3. The zero-order valence-corrected chi connectivity index (χ0v) is 16.8. The fourth-order valence-corrected chi connectivity index (χ4v) is 4.41. The summed E-state index contributed by atoms with van der Waals surface area (Å²) in [5.74, 6) is 0.635. The van der Waals surface area contributed by atoms with Crippen LogP contribution in [0.3, 0.4) is 0 Å². The summed E-state index contributed by atoms with van der Waals surface area (Å²) in [4.78, 5) is 35.9. The van der Waals surface area contributed by atoms with Gasteiger partial charge in [-0.15, -0.1) is 0 Å². The van der Waals surface area contributed by atoms with Gasteiger partial charge in [0, 0.05) is 29.9 Å². The number of aryl methyl sites for hydroxylation is 1. The van der Waals surface area contributed by atoms with Gasteiger partial charge in [0.1, 0.15) is 11.4 Å². The summed E-state index contributed by atoms with van der Waals surface area (Å²) in [6, 6.07) is 7.70. The number of hydrogen-bond donors (Lipinski definition) is 1. The summed E-state index contributed by atoms with van der Waals surface area (Å²) >= 11 is 0. The van der Waals surface area contributed by atoms with Crippen LogP contribution in [0.5, 0.6) is 5.75 Å². The Morgan fingerprint density at radius 1 is 1.10 bits per heavy atom. The van der Waals surface area contributed by atoms with E-state index in [0.29, 0.717) is 17.9 Å². The average molecular weight is 394 g/mol. The van der Waals surface area contributed by atoms with Crippen molar-refractivity contribution in [2.75, 3.05) is 6.61 Å². The number of hydrogen-bond acceptors (Lipinski definition) is 5. The molecule has 2 aliphatic rings. The van der Waals surface area contributed by atoms with E-state index >= 15 is 0 Å². The van der Waals surface area contributed by atoms with Gasteiger partial charge in [-0.2, -0.15) is 0 Å². The quantitative estimate of drug-likeness (QED) is 0.843. The molecule has 2 saturated heterocycles. The van der Waals surface area contributed by atoms with Gasteiger partial charge in [0.05, 0.1) is 18.5 Å². The Hall–Kier alpha value is -2.96. The van der Waals surface area contributed by atoms with Gasteiger partial charge in [-0.3, -0.25) is 14.6 Å². The minimum Gasteiger partial charge on any atom is -0.494 e. The Labute approximate surface area is 170 Å². The van der Waals surface area contributed by atoms with Gasteiger partial charge >= 0.3 is 0 Å². The van der Waals surface area contributed by atoms with Crippen LogP contribution in [0.25, 0.3) is 0 Å². The van der Waals surface area contributed by atoms with Crippen LogP contribution in [0.2, 0.25) is 0 Å². The summed E-state index contributed by atoms with van der Waals surface area (Å²) < 4.78 is 5.46. The number of ether oxygens (including phenoxy) is 1. The molecule has 0 aliphatic carbocycles. The zero-order chi connectivity index (χ0) is 20.4. The van der Waals surface area contributed by atoms with Gasteiger partial charge < -0.3 is 15.0 Å². The van der Waals surface area contributed by atoms with Crippen molar-refractivity contribution in [1.82, 2.24) is 20.2 Å². The van der Waals surface area contributed by atoms with Crippen molar-refractivity contribution in [1.29, 1.82) is 0 Å². The third kappa shape index (κ3) is 4.09. The van der Waals surface area contributed by atoms with Crippen LogP contribution >= 0.6 is 0 Å². The van der Waals surface area contributed by atoms with E-state index in [1.807, 2.05) is 43.0 Å². The molecule has 7 nitrogen and oxygen atoms in total. The molecule has 152 valence electrons. The van der Waals surface area contributed by atoms with Crippen LogP contribution < -0.4 is 10.1 Å². The second-order valence-electron chi connectivity index (χ2n) is 7.74. The maximum Gasteiger partial charge on any atom is 0.271 e. The molecule has 0 spiro atoms. The molecule has 1 aromatic carbocycles. The van der Waals surface area contributed by atoms with E-state index in [2.05, 4.69) is 15.3 Å². The molecule has 2 aliphatic heterocycles. The van der Waals surface area contributed by atoms with Gasteiger partial charge in [0.15, 0.2) is 0 Å². The maximum atomic E-state index is 13.1. The van der Waals surface area contributed by atoms with E-state index in [-0.39, 0.29) is 29.9 Å². The highest BCUT2D eigenvalue weighted by molar-refractivity contribution is 5.95. The first-order valence-electron chi connectivity index (χ1n) is 10.2. The molecule has 3 heterocycles.